The third-order valence-corrected chi connectivity index (χ3v) is 3.56. The molecule has 1 amide bonds. The van der Waals surface area contributed by atoms with Crippen LogP contribution in [-0.2, 0) is 4.79 Å². The molecule has 0 radical (unpaired) electrons. The summed E-state index contributed by atoms with van der Waals surface area (Å²) in [6.07, 6.45) is 0. The van der Waals surface area contributed by atoms with Gasteiger partial charge in [0, 0.05) is 0 Å². The minimum absolute atomic E-state index is 0.120. The lowest BCUT2D eigenvalue weighted by Gasteiger charge is -2.17. The molecular formula is C11H14Cl3N2O+. The van der Waals surface area contributed by atoms with E-state index < -0.39 is 0 Å². The molecular weight excluding hydrogens is 282 g/mol. The third-order valence-electron chi connectivity index (χ3n) is 2.53. The van der Waals surface area contributed by atoms with Gasteiger partial charge in [0.25, 0.3) is 5.91 Å². The number of anilines is 1. The maximum absolute atomic E-state index is 11.8. The highest BCUT2D eigenvalue weighted by molar-refractivity contribution is 6.44. The first-order chi connectivity index (χ1) is 7.82. The van der Waals surface area contributed by atoms with Crippen molar-refractivity contribution < 1.29 is 9.69 Å². The van der Waals surface area contributed by atoms with Crippen molar-refractivity contribution in [2.45, 2.75) is 13.0 Å². The summed E-state index contributed by atoms with van der Waals surface area (Å²) >= 11 is 17.6. The monoisotopic (exact) mass is 295 g/mol. The summed E-state index contributed by atoms with van der Waals surface area (Å²) in [7, 11) is 3.81. The van der Waals surface area contributed by atoms with Crippen molar-refractivity contribution >= 4 is 46.4 Å². The van der Waals surface area contributed by atoms with Gasteiger partial charge in [-0.1, -0.05) is 34.8 Å². The molecule has 0 aliphatic rings. The van der Waals surface area contributed by atoms with Crippen LogP contribution in [0.3, 0.4) is 0 Å². The summed E-state index contributed by atoms with van der Waals surface area (Å²) in [6, 6.07) is 2.87. The number of benzene rings is 1. The normalized spacial score (nSPS) is 12.6. The van der Waals surface area contributed by atoms with Crippen LogP contribution in [0.5, 0.6) is 0 Å². The lowest BCUT2D eigenvalue weighted by Crippen LogP contribution is -3.11. The van der Waals surface area contributed by atoms with Gasteiger partial charge in [-0.25, -0.2) is 0 Å². The minimum Gasteiger partial charge on any atom is -0.330 e. The Labute approximate surface area is 116 Å². The van der Waals surface area contributed by atoms with E-state index in [1.54, 1.807) is 6.07 Å². The Balaban J connectivity index is 2.89. The van der Waals surface area contributed by atoms with Crippen LogP contribution < -0.4 is 10.2 Å². The second-order valence-electron chi connectivity index (χ2n) is 4.03. The second-order valence-corrected chi connectivity index (χ2v) is 5.26. The Kier molecular flexibility index (Phi) is 5.07. The second kappa shape index (κ2) is 5.91. The Morgan fingerprint density at radius 2 is 1.71 bits per heavy atom. The quantitative estimate of drug-likeness (QED) is 0.823. The summed E-state index contributed by atoms with van der Waals surface area (Å²) in [4.78, 5) is 12.9. The van der Waals surface area contributed by atoms with E-state index in [0.29, 0.717) is 20.8 Å². The molecule has 0 bridgehead atoms. The van der Waals surface area contributed by atoms with Crippen LogP contribution in [0.4, 0.5) is 5.69 Å². The van der Waals surface area contributed by atoms with Crippen LogP contribution in [0.15, 0.2) is 12.1 Å². The lowest BCUT2D eigenvalue weighted by molar-refractivity contribution is -0.873. The first kappa shape index (κ1) is 14.6. The van der Waals surface area contributed by atoms with E-state index in [-0.39, 0.29) is 11.9 Å². The molecule has 6 heteroatoms. The van der Waals surface area contributed by atoms with Crippen molar-refractivity contribution in [1.82, 2.24) is 0 Å². The highest BCUT2D eigenvalue weighted by Gasteiger charge is 2.19. The van der Waals surface area contributed by atoms with Crippen LogP contribution in [0.1, 0.15) is 6.92 Å². The van der Waals surface area contributed by atoms with E-state index in [4.69, 9.17) is 34.8 Å². The minimum atomic E-state index is -0.180. The Hall–Kier alpha value is -0.480. The molecule has 0 saturated heterocycles. The Morgan fingerprint density at radius 3 is 2.24 bits per heavy atom. The molecule has 0 saturated carbocycles. The maximum Gasteiger partial charge on any atom is 0.282 e. The molecule has 0 spiro atoms. The molecule has 0 fully saturated rings. The van der Waals surface area contributed by atoms with Gasteiger partial charge in [-0.2, -0.15) is 0 Å². The summed E-state index contributed by atoms with van der Waals surface area (Å²) in [5.41, 5.74) is 0.471. The lowest BCUT2D eigenvalue weighted by atomic mass is 10.2. The van der Waals surface area contributed by atoms with E-state index in [2.05, 4.69) is 5.32 Å². The predicted molar refractivity (Wildman–Crippen MR) is 72.4 cm³/mol. The molecule has 1 aromatic carbocycles. The van der Waals surface area contributed by atoms with Crippen LogP contribution in [-0.4, -0.2) is 26.0 Å². The molecule has 0 aliphatic carbocycles. The van der Waals surface area contributed by atoms with Gasteiger partial charge in [-0.15, -0.1) is 0 Å². The highest BCUT2D eigenvalue weighted by Crippen LogP contribution is 2.32. The zero-order chi connectivity index (χ0) is 13.2. The van der Waals surface area contributed by atoms with Crippen molar-refractivity contribution in [3.63, 3.8) is 0 Å². The fourth-order valence-electron chi connectivity index (χ4n) is 1.12. The smallest absolute Gasteiger partial charge is 0.282 e. The van der Waals surface area contributed by atoms with Gasteiger partial charge in [0.15, 0.2) is 6.04 Å². The fraction of sp³-hybridized carbons (Fsp3) is 0.364. The summed E-state index contributed by atoms with van der Waals surface area (Å²) < 4.78 is 0. The molecule has 0 aliphatic heterocycles. The van der Waals surface area contributed by atoms with Gasteiger partial charge >= 0.3 is 0 Å². The van der Waals surface area contributed by atoms with Crippen LogP contribution in [0.2, 0.25) is 15.1 Å². The fourth-order valence-corrected chi connectivity index (χ4v) is 1.72. The van der Waals surface area contributed by atoms with Gasteiger partial charge in [-0.05, 0) is 19.1 Å². The first-order valence-electron chi connectivity index (χ1n) is 5.08. The van der Waals surface area contributed by atoms with Crippen molar-refractivity contribution in [2.75, 3.05) is 19.4 Å². The molecule has 0 unspecified atom stereocenters. The van der Waals surface area contributed by atoms with Gasteiger partial charge < -0.3 is 10.2 Å². The number of likely N-dealkylation sites (N-methyl/N-ethyl adjacent to an activating group) is 1. The molecule has 1 rings (SSSR count). The van der Waals surface area contributed by atoms with Crippen LogP contribution in [0.25, 0.3) is 0 Å². The Bertz CT molecular complexity index is 435. The summed E-state index contributed by atoms with van der Waals surface area (Å²) in [5.74, 6) is -0.120. The van der Waals surface area contributed by atoms with Crippen molar-refractivity contribution in [2.24, 2.45) is 0 Å². The molecule has 0 aromatic heterocycles. The number of amides is 1. The van der Waals surface area contributed by atoms with E-state index in [1.165, 1.54) is 6.07 Å². The van der Waals surface area contributed by atoms with Gasteiger partial charge in [0.2, 0.25) is 0 Å². The standard InChI is InChI=1S/C11H13Cl3N2O/c1-6(16(2)3)11(17)15-10-5-8(13)7(12)4-9(10)14/h4-6H,1-3H3,(H,15,17)/p+1/t6-/m1/s1. The van der Waals surface area contributed by atoms with Gasteiger partial charge in [-0.3, -0.25) is 4.79 Å². The molecule has 0 heterocycles. The molecule has 2 N–H and O–H groups in total. The van der Waals surface area contributed by atoms with Crippen molar-refractivity contribution in [3.05, 3.63) is 27.2 Å². The maximum atomic E-state index is 11.8. The van der Waals surface area contributed by atoms with Crippen LogP contribution in [0, 0.1) is 0 Å². The topological polar surface area (TPSA) is 33.5 Å². The van der Waals surface area contributed by atoms with E-state index in [1.807, 2.05) is 21.0 Å². The SMILES string of the molecule is C[C@H](C(=O)Nc1cc(Cl)c(Cl)cc1Cl)[NH+](C)C. The molecule has 3 nitrogen and oxygen atoms in total. The number of hydrogen-bond acceptors (Lipinski definition) is 1. The summed E-state index contributed by atoms with van der Waals surface area (Å²) in [6.45, 7) is 1.83. The Morgan fingerprint density at radius 1 is 1.18 bits per heavy atom. The number of carbonyl (C=O) groups is 1. The number of halogens is 3. The number of carbonyl (C=O) groups excluding carboxylic acids is 1. The molecule has 94 valence electrons. The average molecular weight is 297 g/mol. The first-order valence-corrected chi connectivity index (χ1v) is 6.21. The van der Waals surface area contributed by atoms with Crippen molar-refractivity contribution in [3.8, 4) is 0 Å². The zero-order valence-corrected chi connectivity index (χ0v) is 12.0. The van der Waals surface area contributed by atoms with E-state index in [0.717, 1.165) is 4.90 Å². The van der Waals surface area contributed by atoms with Crippen LogP contribution >= 0.6 is 34.8 Å². The average Bonchev–Trinajstić information content (AvgIpc) is 2.24. The number of rotatable bonds is 3. The molecule has 1 atom stereocenters. The number of nitrogens with one attached hydrogen (secondary N) is 2. The van der Waals surface area contributed by atoms with E-state index in [9.17, 15) is 4.79 Å². The number of hydrogen-bond donors (Lipinski definition) is 2. The zero-order valence-electron chi connectivity index (χ0n) is 9.77. The molecule has 17 heavy (non-hydrogen) atoms. The number of quaternary nitrogens is 1. The largest absolute Gasteiger partial charge is 0.330 e. The van der Waals surface area contributed by atoms with Gasteiger partial charge in [0.1, 0.15) is 0 Å². The predicted octanol–water partition coefficient (Wildman–Crippen LogP) is 2.12. The van der Waals surface area contributed by atoms with E-state index >= 15 is 0 Å². The van der Waals surface area contributed by atoms with Gasteiger partial charge in [0.05, 0.1) is 34.9 Å². The van der Waals surface area contributed by atoms with Crippen molar-refractivity contribution in [1.29, 1.82) is 0 Å². The third kappa shape index (κ3) is 3.75. The highest BCUT2D eigenvalue weighted by atomic mass is 35.5. The summed E-state index contributed by atoms with van der Waals surface area (Å²) in [5, 5.41) is 3.81. The molecule has 1 aromatic rings.